The van der Waals surface area contributed by atoms with Gasteiger partial charge < -0.3 is 4.74 Å². The number of rotatable bonds is 9. The van der Waals surface area contributed by atoms with E-state index in [-0.39, 0.29) is 10.8 Å². The highest BCUT2D eigenvalue weighted by Crippen LogP contribution is 2.36. The van der Waals surface area contributed by atoms with Gasteiger partial charge in [-0.2, -0.15) is 4.40 Å². The summed E-state index contributed by atoms with van der Waals surface area (Å²) < 4.78 is 52.8. The van der Waals surface area contributed by atoms with Crippen LogP contribution < -0.4 is 4.72 Å². The Kier molecular flexibility index (Phi) is 9.74. The van der Waals surface area contributed by atoms with Crippen LogP contribution in [0, 0.1) is 13.8 Å². The predicted octanol–water partition coefficient (Wildman–Crippen LogP) is 5.99. The number of ether oxygens (including phenoxy) is 1. The van der Waals surface area contributed by atoms with Gasteiger partial charge in [0.1, 0.15) is 16.2 Å². The molecule has 0 aliphatic heterocycles. The lowest BCUT2D eigenvalue weighted by Crippen LogP contribution is -2.40. The topological polar surface area (TPSA) is 84.8 Å². The molecule has 3 aromatic carbocycles. The minimum atomic E-state index is -3.93. The normalized spacial score (nSPS) is 15.1. The summed E-state index contributed by atoms with van der Waals surface area (Å²) in [4.78, 5) is 1.06. The van der Waals surface area contributed by atoms with Crippen LogP contribution in [0.15, 0.2) is 93.1 Å². The molecule has 0 unspecified atom stereocenters. The molecule has 0 aromatic heterocycles. The van der Waals surface area contributed by atoms with Crippen LogP contribution in [0.5, 0.6) is 0 Å². The lowest BCUT2D eigenvalue weighted by Gasteiger charge is -2.29. The molecule has 0 radical (unpaired) electrons. The highest BCUT2D eigenvalue weighted by atomic mass is 32.2. The minimum Gasteiger partial charge on any atom is -0.483 e. The Labute approximate surface area is 227 Å². The van der Waals surface area contributed by atoms with Gasteiger partial charge in [0.25, 0.3) is 0 Å². The van der Waals surface area contributed by atoms with Gasteiger partial charge in [0, 0.05) is 4.90 Å². The van der Waals surface area contributed by atoms with E-state index in [1.165, 1.54) is 18.9 Å². The van der Waals surface area contributed by atoms with Gasteiger partial charge in [-0.15, -0.1) is 11.8 Å². The molecule has 0 spiro atoms. The van der Waals surface area contributed by atoms with Gasteiger partial charge in [-0.1, -0.05) is 60.2 Å². The van der Waals surface area contributed by atoms with E-state index in [4.69, 9.17) is 4.74 Å². The number of methoxy groups -OCH3 is 1. The summed E-state index contributed by atoms with van der Waals surface area (Å²) in [5, 5.41) is -0.653. The maximum absolute atomic E-state index is 13.6. The first-order valence-corrected chi connectivity index (χ1v) is 15.3. The van der Waals surface area contributed by atoms with E-state index < -0.39 is 37.0 Å². The Morgan fingerprint density at radius 2 is 1.54 bits per heavy atom. The first-order valence-electron chi connectivity index (χ1n) is 11.8. The molecule has 9 heteroatoms. The number of nitrogens with zero attached hydrogens (tertiary/aromatic N) is 1. The zero-order chi connectivity index (χ0) is 27.2. The number of thioether (sulfide) groups is 1. The van der Waals surface area contributed by atoms with Crippen LogP contribution in [0.25, 0.3) is 0 Å². The number of aryl methyl sites for hydroxylation is 2. The number of benzene rings is 3. The Hall–Kier alpha value is -2.46. The van der Waals surface area contributed by atoms with Crippen molar-refractivity contribution in [2.45, 2.75) is 60.4 Å². The summed E-state index contributed by atoms with van der Waals surface area (Å²) >= 11 is 1.41. The van der Waals surface area contributed by atoms with Crippen molar-refractivity contribution in [1.82, 2.24) is 4.72 Å². The van der Waals surface area contributed by atoms with Crippen LogP contribution in [0.2, 0.25) is 0 Å². The van der Waals surface area contributed by atoms with E-state index in [0.717, 1.165) is 21.6 Å². The average molecular weight is 559 g/mol. The molecule has 37 heavy (non-hydrogen) atoms. The van der Waals surface area contributed by atoms with E-state index in [1.807, 2.05) is 89.2 Å². The number of nitrogens with one attached hydrogen (secondary N) is 1. The molecule has 3 aromatic rings. The van der Waals surface area contributed by atoms with Crippen LogP contribution in [0.4, 0.5) is 0 Å². The average Bonchev–Trinajstić information content (AvgIpc) is 2.85. The SMILES string of the molecule is CO/C(=N/[S@](=O)C(C)(C)C)[C@H](Sc1ccccc1)[C@H](NS(=O)(=O)c1ccc(C)cc1)c1ccccc1C. The number of hydrogen-bond acceptors (Lipinski definition) is 5. The third-order valence-electron chi connectivity index (χ3n) is 5.60. The Bertz CT molecular complexity index is 1350. The second kappa shape index (κ2) is 12.4. The van der Waals surface area contributed by atoms with Crippen molar-refractivity contribution in [3.63, 3.8) is 0 Å². The largest absolute Gasteiger partial charge is 0.483 e. The molecule has 0 fully saturated rings. The quantitative estimate of drug-likeness (QED) is 0.198. The summed E-state index contributed by atoms with van der Waals surface area (Å²) in [5.74, 6) is 0.196. The zero-order valence-corrected chi connectivity index (χ0v) is 24.4. The first-order chi connectivity index (χ1) is 17.4. The summed E-state index contributed by atoms with van der Waals surface area (Å²) in [6.45, 7) is 9.33. The highest BCUT2D eigenvalue weighted by Gasteiger charge is 2.36. The third kappa shape index (κ3) is 7.77. The van der Waals surface area contributed by atoms with Crippen molar-refractivity contribution >= 4 is 38.7 Å². The van der Waals surface area contributed by atoms with Gasteiger partial charge in [0.15, 0.2) is 0 Å². The number of sulfonamides is 1. The van der Waals surface area contributed by atoms with Crippen LogP contribution in [0.3, 0.4) is 0 Å². The highest BCUT2D eigenvalue weighted by molar-refractivity contribution is 8.00. The second-order valence-electron chi connectivity index (χ2n) is 9.62. The van der Waals surface area contributed by atoms with Crippen molar-refractivity contribution in [1.29, 1.82) is 0 Å². The third-order valence-corrected chi connectivity index (χ3v) is 9.72. The van der Waals surface area contributed by atoms with E-state index >= 15 is 0 Å². The molecule has 3 rings (SSSR count). The lowest BCUT2D eigenvalue weighted by atomic mass is 9.99. The summed E-state index contributed by atoms with van der Waals surface area (Å²) in [7, 11) is -4.07. The molecule has 1 N–H and O–H groups in total. The zero-order valence-electron chi connectivity index (χ0n) is 22.0. The molecule has 0 aliphatic rings. The van der Waals surface area contributed by atoms with Gasteiger partial charge in [0.05, 0.1) is 22.8 Å². The summed E-state index contributed by atoms with van der Waals surface area (Å²) in [6.07, 6.45) is 0. The van der Waals surface area contributed by atoms with Crippen molar-refractivity contribution in [2.24, 2.45) is 4.40 Å². The Morgan fingerprint density at radius 3 is 2.11 bits per heavy atom. The van der Waals surface area contributed by atoms with E-state index in [9.17, 15) is 12.6 Å². The van der Waals surface area contributed by atoms with E-state index in [0.29, 0.717) is 0 Å². The first kappa shape index (κ1) is 29.1. The molecule has 0 saturated carbocycles. The van der Waals surface area contributed by atoms with Crippen molar-refractivity contribution in [3.05, 3.63) is 95.6 Å². The fourth-order valence-corrected chi connectivity index (χ4v) is 6.72. The van der Waals surface area contributed by atoms with E-state index in [2.05, 4.69) is 9.12 Å². The van der Waals surface area contributed by atoms with Crippen LogP contribution in [-0.2, 0) is 25.7 Å². The molecule has 0 saturated heterocycles. The molecular weight excluding hydrogens is 525 g/mol. The van der Waals surface area contributed by atoms with Crippen LogP contribution >= 0.6 is 11.8 Å². The molecule has 198 valence electrons. The molecule has 3 atom stereocenters. The van der Waals surface area contributed by atoms with Crippen LogP contribution in [-0.4, -0.2) is 35.6 Å². The van der Waals surface area contributed by atoms with Crippen molar-refractivity contribution in [3.8, 4) is 0 Å². The van der Waals surface area contributed by atoms with Gasteiger partial charge in [-0.05, 0) is 70.0 Å². The fourth-order valence-electron chi connectivity index (χ4n) is 3.51. The number of hydrogen-bond donors (Lipinski definition) is 1. The molecule has 6 nitrogen and oxygen atoms in total. The standard InChI is InChI=1S/C28H34N2O4S3/c1-20-16-18-23(19-17-20)37(32,33)30-25(24-15-11-10-12-21(24)2)26(35-22-13-8-7-9-14-22)27(34-6)29-36(31)28(3,4)5/h7-19,25-26,30H,1-6H3/b29-27+/t25-,26-,36-/m1/s1. The predicted molar refractivity (Wildman–Crippen MR) is 154 cm³/mol. The van der Waals surface area contributed by atoms with Gasteiger partial charge in [-0.25, -0.2) is 17.3 Å². The maximum atomic E-state index is 13.6. The van der Waals surface area contributed by atoms with Crippen molar-refractivity contribution < 1.29 is 17.4 Å². The van der Waals surface area contributed by atoms with Crippen molar-refractivity contribution in [2.75, 3.05) is 7.11 Å². The van der Waals surface area contributed by atoms with E-state index in [1.54, 1.807) is 24.3 Å². The van der Waals surface area contributed by atoms with Gasteiger partial charge in [-0.3, -0.25) is 0 Å². The monoisotopic (exact) mass is 558 g/mol. The molecular formula is C28H34N2O4S3. The summed E-state index contributed by atoms with van der Waals surface area (Å²) in [6, 6.07) is 23.2. The Morgan fingerprint density at radius 1 is 0.946 bits per heavy atom. The molecule has 0 bridgehead atoms. The molecule has 0 amide bonds. The maximum Gasteiger partial charge on any atom is 0.241 e. The lowest BCUT2D eigenvalue weighted by molar-refractivity contribution is 0.385. The summed E-state index contributed by atoms with van der Waals surface area (Å²) in [5.41, 5.74) is 2.65. The molecule has 0 heterocycles. The minimum absolute atomic E-state index is 0.161. The molecule has 0 aliphatic carbocycles. The second-order valence-corrected chi connectivity index (χ2v) is 14.4. The van der Waals surface area contributed by atoms with Crippen LogP contribution in [0.1, 0.15) is 43.5 Å². The van der Waals surface area contributed by atoms with Gasteiger partial charge >= 0.3 is 0 Å². The van der Waals surface area contributed by atoms with Gasteiger partial charge in [0.2, 0.25) is 15.9 Å². The Balaban J connectivity index is 2.20. The smallest absolute Gasteiger partial charge is 0.241 e. The fraction of sp³-hybridized carbons (Fsp3) is 0.321.